The van der Waals surface area contributed by atoms with Crippen molar-refractivity contribution in [2.75, 3.05) is 19.7 Å². The van der Waals surface area contributed by atoms with E-state index in [1.165, 1.54) is 0 Å². The highest BCUT2D eigenvalue weighted by atomic mass is 32.1. The fourth-order valence-corrected chi connectivity index (χ4v) is 5.78. The van der Waals surface area contributed by atoms with Crippen molar-refractivity contribution in [3.8, 4) is 0 Å². The molecule has 5 atom stereocenters. The van der Waals surface area contributed by atoms with Crippen LogP contribution in [-0.2, 0) is 23.7 Å². The van der Waals surface area contributed by atoms with Gasteiger partial charge in [-0.05, 0) is 74.6 Å². The third kappa shape index (κ3) is 9.56. The van der Waals surface area contributed by atoms with E-state index in [4.69, 9.17) is 35.9 Å². The minimum absolute atomic E-state index is 0.216. The molecule has 5 rings (SSSR count). The van der Waals surface area contributed by atoms with Crippen molar-refractivity contribution in [1.82, 2.24) is 10.2 Å². The van der Waals surface area contributed by atoms with E-state index >= 15 is 0 Å². The van der Waals surface area contributed by atoms with Crippen LogP contribution in [0.25, 0.3) is 0 Å². The molecular weight excluding hydrogens is 673 g/mol. The molecule has 0 amide bonds. The Morgan fingerprint density at radius 2 is 1.06 bits per heavy atom. The van der Waals surface area contributed by atoms with Gasteiger partial charge in [-0.1, -0.05) is 72.8 Å². The van der Waals surface area contributed by atoms with Crippen LogP contribution in [0.2, 0.25) is 0 Å². The van der Waals surface area contributed by atoms with Crippen LogP contribution in [0.4, 0.5) is 0 Å². The van der Waals surface area contributed by atoms with Crippen LogP contribution in [0.5, 0.6) is 0 Å². The number of ether oxygens (including phenoxy) is 5. The van der Waals surface area contributed by atoms with Crippen LogP contribution in [-0.4, -0.2) is 84.2 Å². The number of hydrogen-bond donors (Lipinski definition) is 1. The summed E-state index contributed by atoms with van der Waals surface area (Å²) in [5, 5.41) is 3.39. The van der Waals surface area contributed by atoms with Crippen molar-refractivity contribution in [3.63, 3.8) is 0 Å². The third-order valence-corrected chi connectivity index (χ3v) is 8.47. The molecule has 11 nitrogen and oxygen atoms in total. The van der Waals surface area contributed by atoms with Gasteiger partial charge in [0.05, 0.1) is 22.3 Å². The van der Waals surface area contributed by atoms with Gasteiger partial charge in [0, 0.05) is 13.1 Å². The lowest BCUT2D eigenvalue weighted by molar-refractivity contribution is -0.0974. The molecule has 264 valence electrons. The van der Waals surface area contributed by atoms with Gasteiger partial charge in [-0.25, -0.2) is 19.2 Å². The van der Waals surface area contributed by atoms with Gasteiger partial charge in [0.25, 0.3) is 0 Å². The zero-order valence-corrected chi connectivity index (χ0v) is 28.9. The monoisotopic (exact) mass is 710 g/mol. The Balaban J connectivity index is 1.54. The fraction of sp³-hybridized carbons (Fsp3) is 0.256. The number of benzene rings is 4. The predicted molar refractivity (Wildman–Crippen MR) is 191 cm³/mol. The molecule has 0 saturated carbocycles. The van der Waals surface area contributed by atoms with Crippen LogP contribution in [0.1, 0.15) is 55.3 Å². The molecule has 1 N–H and O–H groups in total. The number of hydrogen-bond acceptors (Lipinski definition) is 10. The molecule has 0 radical (unpaired) electrons. The number of thiocarbonyl (C=S) groups is 1. The summed E-state index contributed by atoms with van der Waals surface area (Å²) < 4.78 is 30.2. The summed E-state index contributed by atoms with van der Waals surface area (Å²) in [6.07, 6.45) is -6.56. The summed E-state index contributed by atoms with van der Waals surface area (Å²) >= 11 is 5.68. The summed E-state index contributed by atoms with van der Waals surface area (Å²) in [5.41, 5.74) is 0.941. The van der Waals surface area contributed by atoms with Gasteiger partial charge < -0.3 is 33.9 Å². The van der Waals surface area contributed by atoms with Crippen molar-refractivity contribution in [3.05, 3.63) is 144 Å². The molecule has 0 unspecified atom stereocenters. The fourth-order valence-electron chi connectivity index (χ4n) is 5.41. The van der Waals surface area contributed by atoms with E-state index in [-0.39, 0.29) is 27.4 Å². The summed E-state index contributed by atoms with van der Waals surface area (Å²) in [6.45, 7) is 4.47. The first-order chi connectivity index (χ1) is 24.8. The predicted octanol–water partition coefficient (Wildman–Crippen LogP) is 5.46. The SMILES string of the molecule is CCN(CC)C(=S)N[C@@H]1O[C@@H]([C@@H](COC(=O)c2ccccc2)OC(=O)c2ccccc2)[C@H](OC(=O)c2ccccc2)[C@H]1OC(=O)c1ccccc1. The molecule has 4 aromatic rings. The normalized spacial score (nSPS) is 18.5. The van der Waals surface area contributed by atoms with Gasteiger partial charge in [0.1, 0.15) is 12.7 Å². The molecule has 1 fully saturated rings. The number of carbonyl (C=O) groups excluding carboxylic acids is 4. The lowest BCUT2D eigenvalue weighted by Crippen LogP contribution is -2.51. The zero-order chi connectivity index (χ0) is 36.2. The molecule has 0 spiro atoms. The van der Waals surface area contributed by atoms with Gasteiger partial charge in [-0.2, -0.15) is 0 Å². The number of carbonyl (C=O) groups is 4. The number of nitrogens with zero attached hydrogens (tertiary/aromatic N) is 1. The Hall–Kier alpha value is -5.59. The maximum Gasteiger partial charge on any atom is 0.338 e. The zero-order valence-electron chi connectivity index (χ0n) is 28.1. The van der Waals surface area contributed by atoms with Gasteiger partial charge in [0.2, 0.25) is 0 Å². The van der Waals surface area contributed by atoms with Crippen molar-refractivity contribution < 1.29 is 42.9 Å². The van der Waals surface area contributed by atoms with Crippen molar-refractivity contribution in [2.45, 2.75) is 44.5 Å². The maximum absolute atomic E-state index is 13.6. The minimum atomic E-state index is -1.38. The van der Waals surface area contributed by atoms with E-state index in [0.29, 0.717) is 13.1 Å². The van der Waals surface area contributed by atoms with Gasteiger partial charge in [-0.15, -0.1) is 0 Å². The highest BCUT2D eigenvalue weighted by Gasteiger charge is 2.54. The average molecular weight is 711 g/mol. The second-order valence-corrected chi connectivity index (χ2v) is 11.8. The van der Waals surface area contributed by atoms with Crippen molar-refractivity contribution in [2.24, 2.45) is 0 Å². The molecular formula is C39H38N2O9S. The summed E-state index contributed by atoms with van der Waals surface area (Å²) in [6, 6.07) is 33.0. The topological polar surface area (TPSA) is 130 Å². The first-order valence-electron chi connectivity index (χ1n) is 16.5. The van der Waals surface area contributed by atoms with Crippen LogP contribution >= 0.6 is 12.2 Å². The maximum atomic E-state index is 13.6. The Bertz CT molecular complexity index is 1770. The molecule has 12 heteroatoms. The van der Waals surface area contributed by atoms with Crippen LogP contribution in [0.15, 0.2) is 121 Å². The Morgan fingerprint density at radius 3 is 1.51 bits per heavy atom. The van der Waals surface area contributed by atoms with E-state index in [1.807, 2.05) is 18.7 Å². The highest BCUT2D eigenvalue weighted by molar-refractivity contribution is 7.80. The summed E-state index contributed by atoms with van der Waals surface area (Å²) in [7, 11) is 0. The van der Waals surface area contributed by atoms with Crippen LogP contribution in [0.3, 0.4) is 0 Å². The number of esters is 4. The van der Waals surface area contributed by atoms with Gasteiger partial charge in [-0.3, -0.25) is 0 Å². The molecule has 51 heavy (non-hydrogen) atoms. The van der Waals surface area contributed by atoms with E-state index in [1.54, 1.807) is 121 Å². The Kier molecular flexibility index (Phi) is 12.9. The first-order valence-corrected chi connectivity index (χ1v) is 16.9. The molecule has 0 bridgehead atoms. The smallest absolute Gasteiger partial charge is 0.338 e. The molecule has 0 aromatic heterocycles. The molecule has 1 heterocycles. The summed E-state index contributed by atoms with van der Waals surface area (Å²) in [5.74, 6) is -2.91. The molecule has 0 aliphatic carbocycles. The number of nitrogens with one attached hydrogen (secondary N) is 1. The molecule has 1 aliphatic heterocycles. The quantitative estimate of drug-likeness (QED) is 0.107. The van der Waals surface area contributed by atoms with Gasteiger partial charge in [0.15, 0.2) is 29.7 Å². The van der Waals surface area contributed by atoms with Crippen molar-refractivity contribution in [1.29, 1.82) is 0 Å². The Morgan fingerprint density at radius 1 is 0.647 bits per heavy atom. The number of rotatable bonds is 13. The first kappa shape index (κ1) is 36.7. The highest BCUT2D eigenvalue weighted by Crippen LogP contribution is 2.32. The molecule has 1 saturated heterocycles. The van der Waals surface area contributed by atoms with Crippen molar-refractivity contribution >= 4 is 41.2 Å². The third-order valence-electron chi connectivity index (χ3n) is 8.09. The summed E-state index contributed by atoms with van der Waals surface area (Å²) in [4.78, 5) is 55.6. The molecule has 1 aliphatic rings. The molecule has 4 aromatic carbocycles. The Labute approximate surface area is 301 Å². The van der Waals surface area contributed by atoms with E-state index < -0.39 is 61.1 Å². The van der Waals surface area contributed by atoms with Gasteiger partial charge >= 0.3 is 23.9 Å². The standard InChI is InChI=1S/C39H38N2O9S/c1-3-41(4-2)39(51)40-34-33(50-38(45)29-23-15-8-16-24-29)32(49-37(44)28-21-13-7-14-22-28)31(48-34)30(47-36(43)27-19-11-6-12-20-27)25-46-35(42)26-17-9-5-10-18-26/h5-24,30-34H,3-4,25H2,1-2H3,(H,40,51)/t30-,31+,32+,33-,34-/m1/s1. The minimum Gasteiger partial charge on any atom is -0.458 e. The van der Waals surface area contributed by atoms with E-state index in [0.717, 1.165) is 0 Å². The lowest BCUT2D eigenvalue weighted by atomic mass is 10.0. The largest absolute Gasteiger partial charge is 0.458 e. The second-order valence-electron chi connectivity index (χ2n) is 11.4. The second kappa shape index (κ2) is 17.9. The van der Waals surface area contributed by atoms with Crippen LogP contribution in [0, 0.1) is 0 Å². The van der Waals surface area contributed by atoms with E-state index in [9.17, 15) is 19.2 Å². The van der Waals surface area contributed by atoms with Crippen LogP contribution < -0.4 is 5.32 Å². The average Bonchev–Trinajstić information content (AvgIpc) is 3.49. The van der Waals surface area contributed by atoms with E-state index in [2.05, 4.69) is 5.32 Å². The lowest BCUT2D eigenvalue weighted by Gasteiger charge is -2.29.